The van der Waals surface area contributed by atoms with Crippen LogP contribution in [-0.4, -0.2) is 22.9 Å². The summed E-state index contributed by atoms with van der Waals surface area (Å²) in [5.41, 5.74) is 3.47. The number of hydrogen-bond acceptors (Lipinski definition) is 7. The van der Waals surface area contributed by atoms with Crippen molar-refractivity contribution in [1.29, 1.82) is 0 Å². The lowest BCUT2D eigenvalue weighted by Crippen LogP contribution is -2.40. The molecule has 6 rings (SSSR count). The van der Waals surface area contributed by atoms with Crippen LogP contribution in [0, 0.1) is 0 Å². The molecule has 1 aliphatic heterocycles. The Morgan fingerprint density at radius 1 is 1.02 bits per heavy atom. The topological polar surface area (TPSA) is 69.9 Å². The first-order valence-corrected chi connectivity index (χ1v) is 16.4. The highest BCUT2D eigenvalue weighted by atomic mass is 32.2. The van der Waals surface area contributed by atoms with E-state index in [0.717, 1.165) is 27.0 Å². The molecule has 0 amide bonds. The number of thioether (sulfide) groups is 1. The molecule has 8 heteroatoms. The van der Waals surface area contributed by atoms with Crippen LogP contribution in [0.15, 0.2) is 117 Å². The van der Waals surface area contributed by atoms with Crippen LogP contribution in [0.1, 0.15) is 43.5 Å². The fourth-order valence-electron chi connectivity index (χ4n) is 5.39. The second-order valence-electron chi connectivity index (χ2n) is 10.8. The molecule has 222 valence electrons. The van der Waals surface area contributed by atoms with Crippen molar-refractivity contribution in [3.63, 3.8) is 0 Å². The highest BCUT2D eigenvalue weighted by Crippen LogP contribution is 2.32. The molecule has 5 aromatic rings. The first-order valence-electron chi connectivity index (χ1n) is 14.4. The van der Waals surface area contributed by atoms with Crippen molar-refractivity contribution in [3.8, 4) is 5.75 Å². The van der Waals surface area contributed by atoms with Crippen LogP contribution in [0.2, 0.25) is 0 Å². The van der Waals surface area contributed by atoms with E-state index in [0.29, 0.717) is 33.0 Å². The largest absolute Gasteiger partial charge is 0.489 e. The molecule has 0 unspecified atom stereocenters. The van der Waals surface area contributed by atoms with Gasteiger partial charge in [-0.2, -0.15) is 0 Å². The van der Waals surface area contributed by atoms with Gasteiger partial charge in [0, 0.05) is 4.90 Å². The summed E-state index contributed by atoms with van der Waals surface area (Å²) in [5, 5.41) is 2.34. The zero-order valence-corrected chi connectivity index (χ0v) is 26.6. The van der Waals surface area contributed by atoms with E-state index in [2.05, 4.69) is 24.3 Å². The van der Waals surface area contributed by atoms with E-state index in [1.54, 1.807) is 23.3 Å². The van der Waals surface area contributed by atoms with E-state index in [9.17, 15) is 9.59 Å². The van der Waals surface area contributed by atoms with Gasteiger partial charge in [0.05, 0.1) is 27.9 Å². The maximum atomic E-state index is 14.0. The number of carbonyl (C=O) groups is 1. The van der Waals surface area contributed by atoms with Crippen molar-refractivity contribution in [2.24, 2.45) is 4.99 Å². The van der Waals surface area contributed by atoms with Gasteiger partial charge in [-0.25, -0.2) is 9.79 Å². The summed E-state index contributed by atoms with van der Waals surface area (Å²) >= 11 is 2.94. The third-order valence-electron chi connectivity index (χ3n) is 7.45. The molecule has 6 nitrogen and oxygen atoms in total. The average Bonchev–Trinajstić information content (AvgIpc) is 3.32. The number of rotatable bonds is 8. The molecule has 1 aliphatic rings. The molecule has 44 heavy (non-hydrogen) atoms. The molecule has 1 atom stereocenters. The van der Waals surface area contributed by atoms with Crippen molar-refractivity contribution < 1.29 is 14.3 Å². The minimum atomic E-state index is -0.647. The van der Waals surface area contributed by atoms with Gasteiger partial charge >= 0.3 is 5.97 Å². The molecule has 1 aromatic heterocycles. The van der Waals surface area contributed by atoms with Crippen molar-refractivity contribution >= 4 is 45.9 Å². The fraction of sp³-hybridized carbons (Fsp3) is 0.194. The lowest BCUT2D eigenvalue weighted by molar-refractivity contribution is -0.143. The van der Waals surface area contributed by atoms with E-state index < -0.39 is 12.0 Å². The first kappa shape index (κ1) is 29.7. The number of benzene rings is 4. The smallest absolute Gasteiger partial charge is 0.338 e. The molecular formula is C36H32N2O4S2. The maximum absolute atomic E-state index is 14.0. The Morgan fingerprint density at radius 3 is 2.55 bits per heavy atom. The Labute approximate surface area is 264 Å². The monoisotopic (exact) mass is 620 g/mol. The highest BCUT2D eigenvalue weighted by molar-refractivity contribution is 7.98. The summed E-state index contributed by atoms with van der Waals surface area (Å²) in [6, 6.07) is 29.5. The van der Waals surface area contributed by atoms with Gasteiger partial charge in [0.1, 0.15) is 12.4 Å². The van der Waals surface area contributed by atoms with Gasteiger partial charge in [-0.3, -0.25) is 9.36 Å². The number of ether oxygens (including phenoxy) is 2. The molecule has 0 bridgehead atoms. The van der Waals surface area contributed by atoms with Gasteiger partial charge in [0.25, 0.3) is 5.56 Å². The van der Waals surface area contributed by atoms with Gasteiger partial charge in [0.2, 0.25) is 0 Å². The quantitative estimate of drug-likeness (QED) is 0.144. The summed E-state index contributed by atoms with van der Waals surface area (Å²) in [6.45, 7) is 5.85. The summed E-state index contributed by atoms with van der Waals surface area (Å²) < 4.78 is 13.9. The molecule has 0 saturated heterocycles. The minimum absolute atomic E-state index is 0.211. The number of hydrogen-bond donors (Lipinski definition) is 0. The number of thiazole rings is 1. The van der Waals surface area contributed by atoms with E-state index in [4.69, 9.17) is 14.5 Å². The van der Waals surface area contributed by atoms with E-state index in [-0.39, 0.29) is 11.7 Å². The van der Waals surface area contributed by atoms with Crippen LogP contribution in [0.4, 0.5) is 0 Å². The predicted octanol–water partition coefficient (Wildman–Crippen LogP) is 6.64. The van der Waals surface area contributed by atoms with Crippen LogP contribution < -0.4 is 19.6 Å². The highest BCUT2D eigenvalue weighted by Gasteiger charge is 2.33. The zero-order valence-electron chi connectivity index (χ0n) is 24.9. The SMILES string of the molecule is CSc1ccc([C@H]2C(C(=O)OC(C)C)=C(C)N=c3s/c(=C\c4cccc(OCc5cccc6ccccc56)c4)c(=O)n32)cc1. The lowest BCUT2D eigenvalue weighted by atomic mass is 9.96. The summed E-state index contributed by atoms with van der Waals surface area (Å²) in [6.07, 6.45) is 3.56. The molecule has 0 N–H and O–H groups in total. The third-order valence-corrected chi connectivity index (χ3v) is 9.17. The number of allylic oxidation sites excluding steroid dienone is 1. The van der Waals surface area contributed by atoms with Crippen LogP contribution in [-0.2, 0) is 16.1 Å². The molecule has 0 spiro atoms. The summed E-state index contributed by atoms with van der Waals surface area (Å²) in [5.74, 6) is 0.242. The number of esters is 1. The van der Waals surface area contributed by atoms with Gasteiger partial charge in [0.15, 0.2) is 4.80 Å². The lowest BCUT2D eigenvalue weighted by Gasteiger charge is -2.25. The number of nitrogens with zero attached hydrogens (tertiary/aromatic N) is 2. The molecular weight excluding hydrogens is 589 g/mol. The molecule has 2 heterocycles. The van der Waals surface area contributed by atoms with E-state index in [1.807, 2.05) is 92.9 Å². The zero-order chi connectivity index (χ0) is 30.8. The maximum Gasteiger partial charge on any atom is 0.338 e. The Hall–Kier alpha value is -4.40. The number of fused-ring (bicyclic) bond motifs is 2. The molecule has 0 aliphatic carbocycles. The van der Waals surface area contributed by atoms with Crippen LogP contribution >= 0.6 is 23.1 Å². The first-order chi connectivity index (χ1) is 21.3. The van der Waals surface area contributed by atoms with Gasteiger partial charge in [-0.05, 0) is 84.8 Å². The second-order valence-corrected chi connectivity index (χ2v) is 12.7. The fourth-order valence-corrected chi connectivity index (χ4v) is 6.84. The minimum Gasteiger partial charge on any atom is -0.489 e. The Morgan fingerprint density at radius 2 is 1.77 bits per heavy atom. The van der Waals surface area contributed by atoms with Crippen LogP contribution in [0.3, 0.4) is 0 Å². The van der Waals surface area contributed by atoms with Gasteiger partial charge in [-0.1, -0.05) is 78.1 Å². The normalized spacial score (nSPS) is 14.9. The summed E-state index contributed by atoms with van der Waals surface area (Å²) in [7, 11) is 0. The van der Waals surface area contributed by atoms with Crippen molar-refractivity contribution in [2.75, 3.05) is 6.26 Å². The van der Waals surface area contributed by atoms with Gasteiger partial charge in [-0.15, -0.1) is 11.8 Å². The third kappa shape index (κ3) is 6.00. The van der Waals surface area contributed by atoms with Gasteiger partial charge < -0.3 is 9.47 Å². The summed E-state index contributed by atoms with van der Waals surface area (Å²) in [4.78, 5) is 33.7. The number of carbonyl (C=O) groups excluding carboxylic acids is 1. The van der Waals surface area contributed by atoms with Crippen molar-refractivity contribution in [2.45, 2.75) is 44.4 Å². The van der Waals surface area contributed by atoms with Crippen LogP contribution in [0.25, 0.3) is 16.8 Å². The van der Waals surface area contributed by atoms with E-state index >= 15 is 0 Å². The molecule has 0 fully saturated rings. The Bertz CT molecular complexity index is 2070. The molecule has 4 aromatic carbocycles. The average molecular weight is 621 g/mol. The number of aromatic nitrogens is 1. The Kier molecular flexibility index (Phi) is 8.55. The predicted molar refractivity (Wildman–Crippen MR) is 178 cm³/mol. The second kappa shape index (κ2) is 12.7. The van der Waals surface area contributed by atoms with Crippen LogP contribution in [0.5, 0.6) is 5.75 Å². The van der Waals surface area contributed by atoms with E-state index in [1.165, 1.54) is 16.7 Å². The Balaban J connectivity index is 1.36. The molecule has 0 saturated carbocycles. The standard InChI is InChI=1S/C36H32N2O4S2/c1-22(2)42-35(40)32-23(3)37-36-38(33(32)26-15-17-29(43-4)18-16-26)34(39)31(44-36)20-24-9-7-13-28(19-24)41-21-27-12-8-11-25-10-5-6-14-30(25)27/h5-20,22,33H,21H2,1-4H3/b31-20-/t33-/m0/s1. The van der Waals surface area contributed by atoms with Crippen molar-refractivity contribution in [3.05, 3.63) is 139 Å². The molecule has 0 radical (unpaired) electrons. The van der Waals surface area contributed by atoms with Crippen molar-refractivity contribution in [1.82, 2.24) is 4.57 Å².